The first-order valence-corrected chi connectivity index (χ1v) is 7.37. The molecule has 0 aliphatic heterocycles. The Morgan fingerprint density at radius 2 is 1.81 bits per heavy atom. The molecule has 0 aliphatic rings. The summed E-state index contributed by atoms with van der Waals surface area (Å²) in [6.45, 7) is 8.72. The van der Waals surface area contributed by atoms with E-state index in [4.69, 9.17) is 5.84 Å². The second kappa shape index (κ2) is 6.37. The predicted molar refractivity (Wildman–Crippen MR) is 87.9 cm³/mol. The molecular weight excluding hydrogens is 258 g/mol. The van der Waals surface area contributed by atoms with E-state index in [1.807, 2.05) is 19.3 Å². The normalized spacial score (nSPS) is 13.2. The van der Waals surface area contributed by atoms with Crippen LogP contribution in [0.25, 0.3) is 0 Å². The van der Waals surface area contributed by atoms with Gasteiger partial charge in [-0.1, -0.05) is 51.1 Å². The van der Waals surface area contributed by atoms with E-state index in [0.717, 1.165) is 17.5 Å². The van der Waals surface area contributed by atoms with Gasteiger partial charge in [0.15, 0.2) is 0 Å². The maximum atomic E-state index is 5.72. The maximum Gasteiger partial charge on any atom is 0.0515 e. The molecule has 2 aromatic rings. The topological polar surface area (TPSA) is 50.9 Å². The molecule has 0 spiro atoms. The Morgan fingerprint density at radius 3 is 2.33 bits per heavy atom. The number of pyridine rings is 1. The highest BCUT2D eigenvalue weighted by Crippen LogP contribution is 2.24. The largest absolute Gasteiger partial charge is 0.271 e. The number of aromatic nitrogens is 1. The van der Waals surface area contributed by atoms with Crippen LogP contribution in [0.3, 0.4) is 0 Å². The number of aryl methyl sites for hydroxylation is 1. The zero-order valence-electron chi connectivity index (χ0n) is 13.4. The van der Waals surface area contributed by atoms with Gasteiger partial charge in [-0.3, -0.25) is 16.3 Å². The molecule has 3 heteroatoms. The number of nitrogens with zero attached hydrogens (tertiary/aromatic N) is 1. The minimum absolute atomic E-state index is 0.0814. The first kappa shape index (κ1) is 15.7. The molecule has 0 saturated carbocycles. The van der Waals surface area contributed by atoms with Crippen LogP contribution in [0.1, 0.15) is 49.1 Å². The molecule has 0 saturated heterocycles. The first-order valence-electron chi connectivity index (χ1n) is 7.37. The van der Waals surface area contributed by atoms with Crippen molar-refractivity contribution in [3.8, 4) is 0 Å². The molecule has 1 aromatic carbocycles. The molecule has 0 amide bonds. The highest BCUT2D eigenvalue weighted by atomic mass is 15.2. The van der Waals surface area contributed by atoms with Gasteiger partial charge in [-0.2, -0.15) is 0 Å². The summed E-state index contributed by atoms with van der Waals surface area (Å²) in [6.07, 6.45) is 4.59. The number of hydrogen-bond donors (Lipinski definition) is 2. The summed E-state index contributed by atoms with van der Waals surface area (Å²) < 4.78 is 0. The van der Waals surface area contributed by atoms with Gasteiger partial charge in [0.2, 0.25) is 0 Å². The third-order valence-corrected chi connectivity index (χ3v) is 3.76. The molecule has 0 fully saturated rings. The molecule has 0 bridgehead atoms. The SMILES string of the molecule is Cc1cncc(C(Cc2ccc(C(C)(C)C)cc2)NN)c1. The third kappa shape index (κ3) is 4.13. The van der Waals surface area contributed by atoms with Crippen LogP contribution in [-0.2, 0) is 11.8 Å². The van der Waals surface area contributed by atoms with Crippen molar-refractivity contribution in [3.05, 3.63) is 65.0 Å². The van der Waals surface area contributed by atoms with Crippen molar-refractivity contribution in [2.75, 3.05) is 0 Å². The molecule has 1 aromatic heterocycles. The Labute approximate surface area is 127 Å². The van der Waals surface area contributed by atoms with Gasteiger partial charge in [0.05, 0.1) is 6.04 Å². The minimum Gasteiger partial charge on any atom is -0.271 e. The molecule has 0 radical (unpaired) electrons. The van der Waals surface area contributed by atoms with Crippen molar-refractivity contribution in [3.63, 3.8) is 0 Å². The van der Waals surface area contributed by atoms with Crippen LogP contribution in [0.5, 0.6) is 0 Å². The molecule has 0 aliphatic carbocycles. The molecule has 112 valence electrons. The Hall–Kier alpha value is -1.71. The average Bonchev–Trinajstić information content (AvgIpc) is 2.44. The Bertz CT molecular complexity index is 582. The zero-order valence-corrected chi connectivity index (χ0v) is 13.4. The summed E-state index contributed by atoms with van der Waals surface area (Å²) in [5.41, 5.74) is 7.97. The highest BCUT2D eigenvalue weighted by molar-refractivity contribution is 5.29. The van der Waals surface area contributed by atoms with Crippen molar-refractivity contribution < 1.29 is 0 Å². The summed E-state index contributed by atoms with van der Waals surface area (Å²) in [7, 11) is 0. The number of hydrogen-bond acceptors (Lipinski definition) is 3. The fourth-order valence-electron chi connectivity index (χ4n) is 2.42. The minimum atomic E-state index is 0.0814. The molecular formula is C18H25N3. The first-order chi connectivity index (χ1) is 9.90. The van der Waals surface area contributed by atoms with E-state index in [0.29, 0.717) is 0 Å². The molecule has 1 atom stereocenters. The van der Waals surface area contributed by atoms with E-state index >= 15 is 0 Å². The van der Waals surface area contributed by atoms with Crippen LogP contribution < -0.4 is 11.3 Å². The van der Waals surface area contributed by atoms with Crippen LogP contribution in [0, 0.1) is 6.92 Å². The van der Waals surface area contributed by atoms with E-state index in [1.54, 1.807) is 0 Å². The summed E-state index contributed by atoms with van der Waals surface area (Å²) in [5.74, 6) is 5.72. The molecule has 21 heavy (non-hydrogen) atoms. The number of nitrogens with two attached hydrogens (primary N) is 1. The summed E-state index contributed by atoms with van der Waals surface area (Å²) in [5, 5.41) is 0. The average molecular weight is 283 g/mol. The number of rotatable bonds is 4. The van der Waals surface area contributed by atoms with Crippen molar-refractivity contribution >= 4 is 0 Å². The van der Waals surface area contributed by atoms with Crippen LogP contribution in [0.4, 0.5) is 0 Å². The van der Waals surface area contributed by atoms with Crippen molar-refractivity contribution in [1.29, 1.82) is 0 Å². The van der Waals surface area contributed by atoms with E-state index < -0.39 is 0 Å². The molecule has 1 heterocycles. The predicted octanol–water partition coefficient (Wildman–Crippen LogP) is 3.43. The fourth-order valence-corrected chi connectivity index (χ4v) is 2.42. The van der Waals surface area contributed by atoms with Crippen molar-refractivity contribution in [2.45, 2.75) is 45.6 Å². The Balaban J connectivity index is 2.15. The lowest BCUT2D eigenvalue weighted by Gasteiger charge is -2.20. The molecule has 3 nitrogen and oxygen atoms in total. The molecule has 3 N–H and O–H groups in total. The van der Waals surface area contributed by atoms with Crippen LogP contribution in [0.15, 0.2) is 42.7 Å². The molecule has 2 rings (SSSR count). The second-order valence-corrected chi connectivity index (χ2v) is 6.67. The lowest BCUT2D eigenvalue weighted by molar-refractivity contribution is 0.549. The van der Waals surface area contributed by atoms with Crippen LogP contribution in [0.2, 0.25) is 0 Å². The maximum absolute atomic E-state index is 5.72. The Kier molecular flexibility index (Phi) is 4.76. The van der Waals surface area contributed by atoms with Crippen molar-refractivity contribution in [1.82, 2.24) is 10.4 Å². The number of benzene rings is 1. The zero-order chi connectivity index (χ0) is 15.5. The van der Waals surface area contributed by atoms with Gasteiger partial charge < -0.3 is 0 Å². The summed E-state index contributed by atoms with van der Waals surface area (Å²) >= 11 is 0. The van der Waals surface area contributed by atoms with Gasteiger partial charge in [0.1, 0.15) is 0 Å². The van der Waals surface area contributed by atoms with E-state index in [2.05, 4.69) is 61.5 Å². The lowest BCUT2D eigenvalue weighted by atomic mass is 9.86. The van der Waals surface area contributed by atoms with Crippen LogP contribution >= 0.6 is 0 Å². The van der Waals surface area contributed by atoms with E-state index in [-0.39, 0.29) is 11.5 Å². The van der Waals surface area contributed by atoms with Gasteiger partial charge in [0, 0.05) is 12.4 Å². The van der Waals surface area contributed by atoms with E-state index in [9.17, 15) is 0 Å². The Morgan fingerprint density at radius 1 is 1.14 bits per heavy atom. The third-order valence-electron chi connectivity index (χ3n) is 3.76. The van der Waals surface area contributed by atoms with Gasteiger partial charge in [-0.25, -0.2) is 0 Å². The highest BCUT2D eigenvalue weighted by Gasteiger charge is 2.15. The van der Waals surface area contributed by atoms with Gasteiger partial charge >= 0.3 is 0 Å². The monoisotopic (exact) mass is 283 g/mol. The fraction of sp³-hybridized carbons (Fsp3) is 0.389. The standard InChI is InChI=1S/C18H25N3/c1-13-9-15(12-20-11-13)17(21-19)10-14-5-7-16(8-6-14)18(2,3)4/h5-9,11-12,17,21H,10,19H2,1-4H3. The van der Waals surface area contributed by atoms with Crippen molar-refractivity contribution in [2.24, 2.45) is 5.84 Å². The molecule has 1 unspecified atom stereocenters. The number of hydrazine groups is 1. The summed E-state index contributed by atoms with van der Waals surface area (Å²) in [4.78, 5) is 4.25. The van der Waals surface area contributed by atoms with E-state index in [1.165, 1.54) is 11.1 Å². The van der Waals surface area contributed by atoms with Gasteiger partial charge in [0.25, 0.3) is 0 Å². The second-order valence-electron chi connectivity index (χ2n) is 6.67. The van der Waals surface area contributed by atoms with Crippen LogP contribution in [-0.4, -0.2) is 4.98 Å². The van der Waals surface area contributed by atoms with Gasteiger partial charge in [-0.05, 0) is 41.0 Å². The quantitative estimate of drug-likeness (QED) is 0.667. The number of nitrogens with one attached hydrogen (secondary N) is 1. The smallest absolute Gasteiger partial charge is 0.0515 e. The lowest BCUT2D eigenvalue weighted by Crippen LogP contribution is -2.29. The summed E-state index contributed by atoms with van der Waals surface area (Å²) in [6, 6.07) is 11.0. The van der Waals surface area contributed by atoms with Gasteiger partial charge in [-0.15, -0.1) is 0 Å².